The largest absolute Gasteiger partial charge is 0.268 e. The van der Waals surface area contributed by atoms with Crippen LogP contribution in [0.2, 0.25) is 4.34 Å². The topological polar surface area (TPSA) is 56.5 Å². The molecule has 118 valence electrons. The van der Waals surface area contributed by atoms with E-state index in [-0.39, 0.29) is 0 Å². The van der Waals surface area contributed by atoms with E-state index < -0.39 is 0 Å². The van der Waals surface area contributed by atoms with Gasteiger partial charge in [0.15, 0.2) is 10.2 Å². The van der Waals surface area contributed by atoms with Crippen LogP contribution in [0.1, 0.15) is 0 Å². The normalized spacial score (nSPS) is 10.9. The molecule has 0 bridgehead atoms. The van der Waals surface area contributed by atoms with Crippen molar-refractivity contribution >= 4 is 34.7 Å². The van der Waals surface area contributed by atoms with Gasteiger partial charge in [-0.2, -0.15) is 0 Å². The Morgan fingerprint density at radius 3 is 2.50 bits per heavy atom. The lowest BCUT2D eigenvalue weighted by molar-refractivity contribution is 0.884. The summed E-state index contributed by atoms with van der Waals surface area (Å²) in [5, 5.41) is 9.39. The molecule has 4 rings (SSSR count). The van der Waals surface area contributed by atoms with Gasteiger partial charge in [0.25, 0.3) is 0 Å². The Morgan fingerprint density at radius 1 is 0.958 bits per heavy atom. The zero-order valence-electron chi connectivity index (χ0n) is 12.2. The molecule has 24 heavy (non-hydrogen) atoms. The van der Waals surface area contributed by atoms with E-state index >= 15 is 0 Å². The van der Waals surface area contributed by atoms with Crippen molar-refractivity contribution in [1.82, 2.24) is 24.7 Å². The second-order valence-corrected chi connectivity index (χ2v) is 7.60. The quantitative estimate of drug-likeness (QED) is 0.525. The van der Waals surface area contributed by atoms with E-state index in [0.29, 0.717) is 15.3 Å². The van der Waals surface area contributed by atoms with E-state index in [1.807, 2.05) is 53.1 Å². The van der Waals surface area contributed by atoms with Gasteiger partial charge >= 0.3 is 0 Å². The minimum absolute atomic E-state index is 0.647. The molecule has 0 spiro atoms. The molecule has 0 saturated heterocycles. The summed E-state index contributed by atoms with van der Waals surface area (Å²) in [6.07, 6.45) is 3.38. The van der Waals surface area contributed by atoms with Gasteiger partial charge in [0, 0.05) is 11.9 Å². The van der Waals surface area contributed by atoms with E-state index in [1.54, 1.807) is 12.4 Å². The van der Waals surface area contributed by atoms with Crippen molar-refractivity contribution in [2.24, 2.45) is 0 Å². The Labute approximate surface area is 151 Å². The van der Waals surface area contributed by atoms with Crippen molar-refractivity contribution in [2.45, 2.75) is 9.50 Å². The highest BCUT2D eigenvalue weighted by Gasteiger charge is 2.18. The molecular weight excluding hydrogens is 362 g/mol. The number of para-hydroxylation sites is 1. The molecule has 0 N–H and O–H groups in total. The lowest BCUT2D eigenvalue weighted by Crippen LogP contribution is -2.00. The van der Waals surface area contributed by atoms with Crippen molar-refractivity contribution in [3.05, 3.63) is 65.3 Å². The predicted molar refractivity (Wildman–Crippen MR) is 95.8 cm³/mol. The van der Waals surface area contributed by atoms with Gasteiger partial charge in [0.2, 0.25) is 5.16 Å². The van der Waals surface area contributed by atoms with Crippen LogP contribution >= 0.6 is 34.7 Å². The molecule has 1 aromatic carbocycles. The van der Waals surface area contributed by atoms with Crippen LogP contribution in [0, 0.1) is 0 Å². The zero-order valence-corrected chi connectivity index (χ0v) is 14.6. The van der Waals surface area contributed by atoms with Gasteiger partial charge in [-0.25, -0.2) is 4.98 Å². The number of aromatic nitrogens is 5. The third-order valence-electron chi connectivity index (χ3n) is 3.18. The SMILES string of the molecule is Clc1cnc(Sc2nnc(-c3ccccn3)n2-c2ccccc2)s1. The first kappa shape index (κ1) is 15.3. The Morgan fingerprint density at radius 2 is 1.79 bits per heavy atom. The molecule has 0 unspecified atom stereocenters. The Hall–Kier alpha value is -2.22. The van der Waals surface area contributed by atoms with Crippen LogP contribution in [0.25, 0.3) is 17.2 Å². The number of nitrogens with zero attached hydrogens (tertiary/aromatic N) is 5. The number of hydrogen-bond donors (Lipinski definition) is 0. The summed E-state index contributed by atoms with van der Waals surface area (Å²) < 4.78 is 3.44. The van der Waals surface area contributed by atoms with E-state index in [9.17, 15) is 0 Å². The molecule has 0 aliphatic carbocycles. The number of hydrogen-bond acceptors (Lipinski definition) is 6. The van der Waals surface area contributed by atoms with E-state index in [4.69, 9.17) is 11.6 Å². The highest BCUT2D eigenvalue weighted by atomic mass is 35.5. The fraction of sp³-hybridized carbons (Fsp3) is 0. The van der Waals surface area contributed by atoms with Crippen LogP contribution < -0.4 is 0 Å². The second kappa shape index (κ2) is 6.72. The summed E-state index contributed by atoms with van der Waals surface area (Å²) in [4.78, 5) is 8.67. The van der Waals surface area contributed by atoms with Gasteiger partial charge in [0.1, 0.15) is 10.0 Å². The van der Waals surface area contributed by atoms with Gasteiger partial charge in [-0.1, -0.05) is 47.2 Å². The monoisotopic (exact) mass is 371 g/mol. The average Bonchev–Trinajstić information content (AvgIpc) is 3.23. The average molecular weight is 372 g/mol. The minimum Gasteiger partial charge on any atom is -0.268 e. The standard InChI is InChI=1S/C16H10ClN5S2/c17-13-10-19-16(23-13)24-15-21-20-14(12-8-4-5-9-18-12)22(15)11-6-2-1-3-7-11/h1-10H. The Bertz CT molecular complexity index is 953. The van der Waals surface area contributed by atoms with Gasteiger partial charge in [-0.3, -0.25) is 9.55 Å². The first-order chi connectivity index (χ1) is 11.8. The third-order valence-corrected chi connectivity index (χ3v) is 5.31. The number of thiazole rings is 1. The molecule has 0 fully saturated rings. The zero-order chi connectivity index (χ0) is 16.4. The molecule has 0 radical (unpaired) electrons. The van der Waals surface area contributed by atoms with Crippen LogP contribution in [0.3, 0.4) is 0 Å². The lowest BCUT2D eigenvalue weighted by atomic mass is 10.3. The van der Waals surface area contributed by atoms with Crippen molar-refractivity contribution in [1.29, 1.82) is 0 Å². The molecule has 3 aromatic heterocycles. The maximum Gasteiger partial charge on any atom is 0.203 e. The van der Waals surface area contributed by atoms with E-state index in [0.717, 1.165) is 15.7 Å². The lowest BCUT2D eigenvalue weighted by Gasteiger charge is -2.08. The smallest absolute Gasteiger partial charge is 0.203 e. The fourth-order valence-electron chi connectivity index (χ4n) is 2.17. The van der Waals surface area contributed by atoms with Crippen molar-refractivity contribution in [2.75, 3.05) is 0 Å². The molecule has 5 nitrogen and oxygen atoms in total. The first-order valence-corrected chi connectivity index (χ1v) is 9.04. The summed E-state index contributed by atoms with van der Waals surface area (Å²) in [5.74, 6) is 0.687. The van der Waals surface area contributed by atoms with Crippen molar-refractivity contribution < 1.29 is 0 Å². The van der Waals surface area contributed by atoms with Crippen LogP contribution in [0.15, 0.2) is 70.4 Å². The number of rotatable bonds is 4. The number of halogens is 1. The maximum absolute atomic E-state index is 5.97. The summed E-state index contributed by atoms with van der Waals surface area (Å²) in [6.45, 7) is 0. The molecular formula is C16H10ClN5S2. The Kier molecular flexibility index (Phi) is 4.29. The number of benzene rings is 1. The first-order valence-electron chi connectivity index (χ1n) is 7.03. The molecule has 0 aliphatic heterocycles. The van der Waals surface area contributed by atoms with Crippen molar-refractivity contribution in [3.8, 4) is 17.2 Å². The maximum atomic E-state index is 5.97. The van der Waals surface area contributed by atoms with Crippen molar-refractivity contribution in [3.63, 3.8) is 0 Å². The summed E-state index contributed by atoms with van der Waals surface area (Å²) >= 11 is 8.82. The summed E-state index contributed by atoms with van der Waals surface area (Å²) in [6, 6.07) is 15.7. The van der Waals surface area contributed by atoms with Gasteiger partial charge in [0.05, 0.1) is 6.20 Å². The molecule has 8 heteroatoms. The summed E-state index contributed by atoms with van der Waals surface area (Å²) in [7, 11) is 0. The van der Waals surface area contributed by atoms with E-state index in [1.165, 1.54) is 23.1 Å². The molecule has 0 amide bonds. The third kappa shape index (κ3) is 3.06. The Balaban J connectivity index is 1.84. The van der Waals surface area contributed by atoms with Crippen LogP contribution in [0.4, 0.5) is 0 Å². The minimum atomic E-state index is 0.647. The second-order valence-electron chi connectivity index (χ2n) is 4.72. The molecule has 0 aliphatic rings. The van der Waals surface area contributed by atoms with Crippen LogP contribution in [0.5, 0.6) is 0 Å². The van der Waals surface area contributed by atoms with Gasteiger partial charge < -0.3 is 0 Å². The number of pyridine rings is 1. The van der Waals surface area contributed by atoms with Crippen LogP contribution in [-0.2, 0) is 0 Å². The van der Waals surface area contributed by atoms with E-state index in [2.05, 4.69) is 20.2 Å². The van der Waals surface area contributed by atoms with Gasteiger partial charge in [-0.15, -0.1) is 10.2 Å². The molecule has 0 saturated carbocycles. The predicted octanol–water partition coefficient (Wildman–Crippen LogP) is 4.59. The molecule has 4 aromatic rings. The molecule has 3 heterocycles. The fourth-order valence-corrected chi connectivity index (χ4v) is 4.24. The van der Waals surface area contributed by atoms with Crippen LogP contribution in [-0.4, -0.2) is 24.7 Å². The highest BCUT2D eigenvalue weighted by Crippen LogP contribution is 2.35. The van der Waals surface area contributed by atoms with Gasteiger partial charge in [-0.05, 0) is 36.0 Å². The summed E-state index contributed by atoms with van der Waals surface area (Å²) in [5.41, 5.74) is 1.73. The molecule has 0 atom stereocenters. The highest BCUT2D eigenvalue weighted by molar-refractivity contribution is 8.00.